The Bertz CT molecular complexity index is 1170. The Hall–Kier alpha value is -3.16. The highest BCUT2D eigenvalue weighted by atomic mass is 32.1. The van der Waals surface area contributed by atoms with Gasteiger partial charge in [-0.3, -0.25) is 4.79 Å². The van der Waals surface area contributed by atoms with Crippen molar-refractivity contribution < 1.29 is 14.6 Å². The molecule has 0 aliphatic carbocycles. The van der Waals surface area contributed by atoms with Crippen LogP contribution in [0.25, 0.3) is 21.3 Å². The summed E-state index contributed by atoms with van der Waals surface area (Å²) >= 11 is 1.56. The van der Waals surface area contributed by atoms with Crippen LogP contribution in [0.15, 0.2) is 70.8 Å². The van der Waals surface area contributed by atoms with E-state index in [0.717, 1.165) is 21.7 Å². The van der Waals surface area contributed by atoms with E-state index >= 15 is 0 Å². The third-order valence-electron chi connectivity index (χ3n) is 4.58. The molecule has 0 bridgehead atoms. The van der Waals surface area contributed by atoms with Gasteiger partial charge in [0.05, 0.1) is 23.4 Å². The second-order valence-corrected chi connectivity index (χ2v) is 7.68. The van der Waals surface area contributed by atoms with Gasteiger partial charge in [-0.1, -0.05) is 24.3 Å². The maximum atomic E-state index is 12.9. The Morgan fingerprint density at radius 3 is 2.37 bits per heavy atom. The number of aliphatic hydroxyl groups excluding tert-OH is 1. The standard InChI is InChI=1S/C23H22N2O4S/c1-2-28-17-9-11-18(12-10-17)29-15-16(26)14-25-23(27)20-7-4-3-6-19(20)22(24-25)21-8-5-13-30-21/h3-13,16,26H,2,14-15H2,1H3. The first-order valence-electron chi connectivity index (χ1n) is 9.73. The van der Waals surface area contributed by atoms with Crippen LogP contribution in [-0.2, 0) is 6.54 Å². The van der Waals surface area contributed by atoms with Crippen molar-refractivity contribution in [1.29, 1.82) is 0 Å². The van der Waals surface area contributed by atoms with Gasteiger partial charge in [-0.05, 0) is 48.7 Å². The number of nitrogens with zero attached hydrogens (tertiary/aromatic N) is 2. The lowest BCUT2D eigenvalue weighted by Crippen LogP contribution is -2.32. The molecule has 2 aromatic heterocycles. The van der Waals surface area contributed by atoms with Gasteiger partial charge in [0.1, 0.15) is 29.9 Å². The number of hydrogen-bond acceptors (Lipinski definition) is 6. The SMILES string of the molecule is CCOc1ccc(OCC(O)Cn2nc(-c3cccs3)c3ccccc3c2=O)cc1. The Labute approximate surface area is 177 Å². The number of fused-ring (bicyclic) bond motifs is 1. The van der Waals surface area contributed by atoms with E-state index in [1.165, 1.54) is 4.68 Å². The average Bonchev–Trinajstić information content (AvgIpc) is 3.30. The van der Waals surface area contributed by atoms with Crippen LogP contribution in [0.5, 0.6) is 11.5 Å². The van der Waals surface area contributed by atoms with Gasteiger partial charge in [0.25, 0.3) is 5.56 Å². The maximum Gasteiger partial charge on any atom is 0.274 e. The number of thiophene rings is 1. The van der Waals surface area contributed by atoms with Crippen molar-refractivity contribution >= 4 is 22.1 Å². The molecule has 0 fully saturated rings. The second-order valence-electron chi connectivity index (χ2n) is 6.73. The zero-order valence-corrected chi connectivity index (χ0v) is 17.3. The van der Waals surface area contributed by atoms with E-state index < -0.39 is 6.10 Å². The van der Waals surface area contributed by atoms with Gasteiger partial charge in [-0.15, -0.1) is 11.3 Å². The zero-order valence-electron chi connectivity index (χ0n) is 16.5. The number of ether oxygens (including phenoxy) is 2. The van der Waals surface area contributed by atoms with Crippen molar-refractivity contribution in [2.45, 2.75) is 19.6 Å². The van der Waals surface area contributed by atoms with Crippen LogP contribution in [0, 0.1) is 0 Å². The predicted octanol–water partition coefficient (Wildman–Crippen LogP) is 3.96. The van der Waals surface area contributed by atoms with Gasteiger partial charge >= 0.3 is 0 Å². The monoisotopic (exact) mass is 422 g/mol. The Kier molecular flexibility index (Phi) is 6.11. The summed E-state index contributed by atoms with van der Waals surface area (Å²) in [5, 5.41) is 18.4. The summed E-state index contributed by atoms with van der Waals surface area (Å²) in [6.45, 7) is 2.61. The summed E-state index contributed by atoms with van der Waals surface area (Å²) in [5.41, 5.74) is 0.505. The molecule has 0 saturated heterocycles. The Morgan fingerprint density at radius 2 is 1.70 bits per heavy atom. The average molecular weight is 423 g/mol. The molecule has 4 rings (SSSR count). The van der Waals surface area contributed by atoms with E-state index in [2.05, 4.69) is 5.10 Å². The molecular weight excluding hydrogens is 400 g/mol. The fourth-order valence-electron chi connectivity index (χ4n) is 3.20. The lowest BCUT2D eigenvalue weighted by atomic mass is 10.1. The van der Waals surface area contributed by atoms with Gasteiger partial charge < -0.3 is 14.6 Å². The molecule has 0 aliphatic rings. The quantitative estimate of drug-likeness (QED) is 0.465. The lowest BCUT2D eigenvalue weighted by Gasteiger charge is -2.15. The lowest BCUT2D eigenvalue weighted by molar-refractivity contribution is 0.0882. The molecule has 30 heavy (non-hydrogen) atoms. The summed E-state index contributed by atoms with van der Waals surface area (Å²) < 4.78 is 12.4. The molecule has 1 atom stereocenters. The van der Waals surface area contributed by atoms with Crippen molar-refractivity contribution in [2.24, 2.45) is 0 Å². The molecule has 0 saturated carbocycles. The molecule has 0 radical (unpaired) electrons. The molecule has 0 amide bonds. The number of aromatic nitrogens is 2. The molecule has 154 valence electrons. The number of benzene rings is 2. The third-order valence-corrected chi connectivity index (χ3v) is 5.46. The van der Waals surface area contributed by atoms with E-state index in [1.54, 1.807) is 29.5 Å². The van der Waals surface area contributed by atoms with Crippen molar-refractivity contribution in [3.63, 3.8) is 0 Å². The highest BCUT2D eigenvalue weighted by molar-refractivity contribution is 7.13. The summed E-state index contributed by atoms with van der Waals surface area (Å²) in [6.07, 6.45) is -0.890. The molecule has 4 aromatic rings. The minimum Gasteiger partial charge on any atom is -0.494 e. The Morgan fingerprint density at radius 1 is 1.00 bits per heavy atom. The van der Waals surface area contributed by atoms with Crippen LogP contribution < -0.4 is 15.0 Å². The first-order valence-corrected chi connectivity index (χ1v) is 10.6. The normalized spacial score (nSPS) is 12.1. The second kappa shape index (κ2) is 9.11. The molecule has 2 heterocycles. The van der Waals surface area contributed by atoms with Crippen molar-refractivity contribution in [1.82, 2.24) is 9.78 Å². The minimum absolute atomic E-state index is 0.0407. The van der Waals surface area contributed by atoms with Crippen LogP contribution in [0.2, 0.25) is 0 Å². The van der Waals surface area contributed by atoms with Crippen LogP contribution >= 0.6 is 11.3 Å². The van der Waals surface area contributed by atoms with Crippen LogP contribution in [0.4, 0.5) is 0 Å². The molecule has 0 spiro atoms. The van der Waals surface area contributed by atoms with Gasteiger partial charge in [0.2, 0.25) is 0 Å². The molecule has 2 aromatic carbocycles. The van der Waals surface area contributed by atoms with Gasteiger partial charge in [-0.25, -0.2) is 4.68 Å². The summed E-state index contributed by atoms with van der Waals surface area (Å²) in [6, 6.07) is 18.5. The maximum absolute atomic E-state index is 12.9. The van der Waals surface area contributed by atoms with Crippen molar-refractivity contribution in [3.8, 4) is 22.1 Å². The minimum atomic E-state index is -0.890. The number of rotatable bonds is 8. The largest absolute Gasteiger partial charge is 0.494 e. The molecule has 0 aliphatic heterocycles. The van der Waals surface area contributed by atoms with E-state index in [0.29, 0.717) is 17.7 Å². The van der Waals surface area contributed by atoms with Crippen molar-refractivity contribution in [2.75, 3.05) is 13.2 Å². The smallest absolute Gasteiger partial charge is 0.274 e. The van der Waals surface area contributed by atoms with Crippen molar-refractivity contribution in [3.05, 3.63) is 76.4 Å². The molecule has 7 heteroatoms. The molecular formula is C23H22N2O4S. The number of aliphatic hydroxyl groups is 1. The Balaban J connectivity index is 1.53. The fraction of sp³-hybridized carbons (Fsp3) is 0.217. The first kappa shape index (κ1) is 20.1. The van der Waals surface area contributed by atoms with Gasteiger partial charge in [0.15, 0.2) is 0 Å². The highest BCUT2D eigenvalue weighted by Crippen LogP contribution is 2.28. The molecule has 1 N–H and O–H groups in total. The highest BCUT2D eigenvalue weighted by Gasteiger charge is 2.15. The van der Waals surface area contributed by atoms with Gasteiger partial charge in [0, 0.05) is 5.39 Å². The summed E-state index contributed by atoms with van der Waals surface area (Å²) in [4.78, 5) is 13.9. The fourth-order valence-corrected chi connectivity index (χ4v) is 3.92. The zero-order chi connectivity index (χ0) is 20.9. The van der Waals surface area contributed by atoms with E-state index in [4.69, 9.17) is 9.47 Å². The van der Waals surface area contributed by atoms with E-state index in [-0.39, 0.29) is 18.7 Å². The van der Waals surface area contributed by atoms with E-state index in [1.807, 2.05) is 54.8 Å². The predicted molar refractivity (Wildman–Crippen MR) is 118 cm³/mol. The topological polar surface area (TPSA) is 73.6 Å². The molecule has 6 nitrogen and oxygen atoms in total. The van der Waals surface area contributed by atoms with Crippen LogP contribution in [-0.4, -0.2) is 34.2 Å². The first-order chi connectivity index (χ1) is 14.7. The van der Waals surface area contributed by atoms with Crippen LogP contribution in [0.3, 0.4) is 0 Å². The molecule has 1 unspecified atom stereocenters. The number of hydrogen-bond donors (Lipinski definition) is 1. The van der Waals surface area contributed by atoms with Crippen LogP contribution in [0.1, 0.15) is 6.92 Å². The van der Waals surface area contributed by atoms with E-state index in [9.17, 15) is 9.90 Å². The summed E-state index contributed by atoms with van der Waals surface area (Å²) in [7, 11) is 0. The third kappa shape index (κ3) is 4.37. The van der Waals surface area contributed by atoms with Gasteiger partial charge in [-0.2, -0.15) is 5.10 Å². The summed E-state index contributed by atoms with van der Waals surface area (Å²) in [5.74, 6) is 1.38.